The first-order valence-corrected chi connectivity index (χ1v) is 14.5. The van der Waals surface area contributed by atoms with Crippen LogP contribution in [0.1, 0.15) is 62.1 Å². The van der Waals surface area contributed by atoms with Crippen LogP contribution in [0.15, 0.2) is 91.0 Å². The van der Waals surface area contributed by atoms with E-state index in [1.807, 2.05) is 54.6 Å². The molecule has 3 aromatic carbocycles. The first kappa shape index (κ1) is 29.4. The van der Waals surface area contributed by atoms with E-state index in [9.17, 15) is 0 Å². The third-order valence-corrected chi connectivity index (χ3v) is 7.01. The van der Waals surface area contributed by atoms with E-state index in [2.05, 4.69) is 43.3 Å². The van der Waals surface area contributed by atoms with Crippen molar-refractivity contribution in [2.24, 2.45) is 0 Å². The van der Waals surface area contributed by atoms with Gasteiger partial charge in [-0.25, -0.2) is 0 Å². The fraction of sp³-hybridized carbons (Fsp3) is 0.471. The fourth-order valence-corrected chi connectivity index (χ4v) is 4.82. The van der Waals surface area contributed by atoms with Gasteiger partial charge in [-0.1, -0.05) is 130 Å². The van der Waals surface area contributed by atoms with Gasteiger partial charge in [0.15, 0.2) is 6.29 Å². The molecule has 39 heavy (non-hydrogen) atoms. The Labute approximate surface area is 234 Å². The van der Waals surface area contributed by atoms with Gasteiger partial charge in [0, 0.05) is 6.61 Å². The minimum absolute atomic E-state index is 0.298. The molecule has 0 bridgehead atoms. The number of hydrogen-bond acceptors (Lipinski definition) is 5. The highest BCUT2D eigenvalue weighted by Gasteiger charge is 2.47. The topological polar surface area (TPSA) is 46.2 Å². The molecule has 0 aromatic heterocycles. The van der Waals surface area contributed by atoms with Crippen LogP contribution in [-0.4, -0.2) is 37.8 Å². The van der Waals surface area contributed by atoms with E-state index in [0.717, 1.165) is 23.1 Å². The van der Waals surface area contributed by atoms with Crippen molar-refractivity contribution in [2.45, 2.75) is 89.9 Å². The predicted molar refractivity (Wildman–Crippen MR) is 154 cm³/mol. The van der Waals surface area contributed by atoms with Crippen molar-refractivity contribution in [3.05, 3.63) is 108 Å². The molecule has 1 saturated heterocycles. The zero-order valence-corrected chi connectivity index (χ0v) is 23.3. The van der Waals surface area contributed by atoms with Crippen molar-refractivity contribution in [1.82, 2.24) is 0 Å². The van der Waals surface area contributed by atoms with Crippen LogP contribution in [0.2, 0.25) is 0 Å². The van der Waals surface area contributed by atoms with Crippen LogP contribution in [0.4, 0.5) is 0 Å². The Morgan fingerprint density at radius 1 is 0.564 bits per heavy atom. The van der Waals surface area contributed by atoms with Crippen molar-refractivity contribution in [3.8, 4) is 0 Å². The molecule has 0 N–H and O–H groups in total. The summed E-state index contributed by atoms with van der Waals surface area (Å²) in [6.45, 7) is 4.74. The molecule has 3 aromatic rings. The van der Waals surface area contributed by atoms with Crippen molar-refractivity contribution in [3.63, 3.8) is 0 Å². The lowest BCUT2D eigenvalue weighted by Crippen LogP contribution is -2.39. The summed E-state index contributed by atoms with van der Waals surface area (Å²) in [5.41, 5.74) is 3.35. The van der Waals surface area contributed by atoms with Gasteiger partial charge in [-0.3, -0.25) is 0 Å². The third kappa shape index (κ3) is 10.2. The number of hydrogen-bond donors (Lipinski definition) is 0. The number of unbranched alkanes of at least 4 members (excludes halogenated alkanes) is 5. The summed E-state index contributed by atoms with van der Waals surface area (Å²) in [6, 6.07) is 30.6. The lowest BCUT2D eigenvalue weighted by molar-refractivity contribution is -0.185. The third-order valence-electron chi connectivity index (χ3n) is 7.01. The summed E-state index contributed by atoms with van der Waals surface area (Å²) in [5, 5.41) is 0. The van der Waals surface area contributed by atoms with Gasteiger partial charge in [-0.2, -0.15) is 0 Å². The second kappa shape index (κ2) is 17.2. The van der Waals surface area contributed by atoms with Crippen molar-refractivity contribution >= 4 is 0 Å². The van der Waals surface area contributed by atoms with E-state index in [-0.39, 0.29) is 18.3 Å². The molecule has 1 aliphatic heterocycles. The molecule has 0 aliphatic carbocycles. The second-order valence-corrected chi connectivity index (χ2v) is 10.2. The van der Waals surface area contributed by atoms with Gasteiger partial charge in [-0.05, 0) is 23.1 Å². The molecule has 0 saturated carbocycles. The summed E-state index contributed by atoms with van der Waals surface area (Å²) in [5.74, 6) is 0. The highest BCUT2D eigenvalue weighted by atomic mass is 16.7. The SMILES string of the molecule is CCCCCCCCO[C@H]1O[C@H](COCc2ccccc2)[C@@H](OCc2ccccc2)[C@H]1OCc1ccccc1. The fourth-order valence-electron chi connectivity index (χ4n) is 4.82. The Balaban J connectivity index is 1.41. The summed E-state index contributed by atoms with van der Waals surface area (Å²) in [7, 11) is 0. The second-order valence-electron chi connectivity index (χ2n) is 10.2. The summed E-state index contributed by atoms with van der Waals surface area (Å²) < 4.78 is 31.8. The number of rotatable bonds is 18. The molecule has 4 atom stereocenters. The molecule has 1 heterocycles. The molecule has 0 radical (unpaired) electrons. The van der Waals surface area contributed by atoms with Crippen LogP contribution < -0.4 is 0 Å². The van der Waals surface area contributed by atoms with Gasteiger partial charge < -0.3 is 23.7 Å². The zero-order chi connectivity index (χ0) is 27.0. The minimum Gasteiger partial charge on any atom is -0.374 e. The first-order valence-electron chi connectivity index (χ1n) is 14.5. The first-order chi connectivity index (χ1) is 19.3. The molecule has 1 fully saturated rings. The maximum absolute atomic E-state index is 6.50. The van der Waals surface area contributed by atoms with Crippen molar-refractivity contribution in [1.29, 1.82) is 0 Å². The van der Waals surface area contributed by atoms with E-state index in [1.165, 1.54) is 32.1 Å². The molecule has 4 rings (SSSR count). The van der Waals surface area contributed by atoms with Gasteiger partial charge in [0.2, 0.25) is 0 Å². The van der Waals surface area contributed by atoms with Crippen LogP contribution in [0, 0.1) is 0 Å². The molecule has 0 amide bonds. The van der Waals surface area contributed by atoms with Crippen molar-refractivity contribution in [2.75, 3.05) is 13.2 Å². The van der Waals surface area contributed by atoms with E-state index < -0.39 is 6.29 Å². The molecule has 5 nitrogen and oxygen atoms in total. The Hall–Kier alpha value is -2.54. The maximum atomic E-state index is 6.50. The van der Waals surface area contributed by atoms with Crippen LogP contribution in [0.5, 0.6) is 0 Å². The van der Waals surface area contributed by atoms with Gasteiger partial charge >= 0.3 is 0 Å². The monoisotopic (exact) mass is 532 g/mol. The highest BCUT2D eigenvalue weighted by molar-refractivity contribution is 5.15. The Kier molecular flexibility index (Phi) is 13.0. The summed E-state index contributed by atoms with van der Waals surface area (Å²) in [6.07, 6.45) is 5.78. The highest BCUT2D eigenvalue weighted by Crippen LogP contribution is 2.30. The van der Waals surface area contributed by atoms with E-state index in [4.69, 9.17) is 23.7 Å². The zero-order valence-electron chi connectivity index (χ0n) is 23.3. The number of ether oxygens (including phenoxy) is 5. The lowest BCUT2D eigenvalue weighted by Gasteiger charge is -2.25. The predicted octanol–water partition coefficient (Wildman–Crippen LogP) is 7.48. The molecular weight excluding hydrogens is 488 g/mol. The summed E-state index contributed by atoms with van der Waals surface area (Å²) in [4.78, 5) is 0. The standard InChI is InChI=1S/C34H44O5/c1-2-3-4-5-6-16-23-36-34-33(38-26-30-21-14-9-15-22-30)32(37-25-29-19-12-8-13-20-29)31(39-34)27-35-24-28-17-10-7-11-18-28/h7-15,17-22,31-34H,2-6,16,23-27H2,1H3/t31-,32-,33-,34+/m1/s1. The smallest absolute Gasteiger partial charge is 0.186 e. The molecule has 210 valence electrons. The van der Waals surface area contributed by atoms with Gasteiger partial charge in [0.25, 0.3) is 0 Å². The summed E-state index contributed by atoms with van der Waals surface area (Å²) >= 11 is 0. The Morgan fingerprint density at radius 2 is 1.08 bits per heavy atom. The van der Waals surface area contributed by atoms with Gasteiger partial charge in [0.1, 0.15) is 18.3 Å². The Morgan fingerprint density at radius 3 is 1.67 bits per heavy atom. The van der Waals surface area contributed by atoms with E-state index in [0.29, 0.717) is 33.0 Å². The quantitative estimate of drug-likeness (QED) is 0.159. The van der Waals surface area contributed by atoms with E-state index >= 15 is 0 Å². The van der Waals surface area contributed by atoms with Crippen LogP contribution >= 0.6 is 0 Å². The molecular formula is C34H44O5. The Bertz CT molecular complexity index is 1010. The van der Waals surface area contributed by atoms with E-state index in [1.54, 1.807) is 0 Å². The molecule has 5 heteroatoms. The average molecular weight is 533 g/mol. The molecule has 0 unspecified atom stereocenters. The van der Waals surface area contributed by atoms with Crippen LogP contribution in [0.25, 0.3) is 0 Å². The minimum atomic E-state index is -0.504. The largest absolute Gasteiger partial charge is 0.374 e. The van der Waals surface area contributed by atoms with Gasteiger partial charge in [-0.15, -0.1) is 0 Å². The molecule has 0 spiro atoms. The van der Waals surface area contributed by atoms with Crippen LogP contribution in [0.3, 0.4) is 0 Å². The maximum Gasteiger partial charge on any atom is 0.186 e. The lowest BCUT2D eigenvalue weighted by atomic mass is 10.1. The molecule has 1 aliphatic rings. The van der Waals surface area contributed by atoms with Gasteiger partial charge in [0.05, 0.1) is 26.4 Å². The number of benzene rings is 3. The normalized spacial score (nSPS) is 20.8. The van der Waals surface area contributed by atoms with Crippen molar-refractivity contribution < 1.29 is 23.7 Å². The van der Waals surface area contributed by atoms with Crippen LogP contribution in [-0.2, 0) is 43.5 Å². The average Bonchev–Trinajstić information content (AvgIpc) is 3.32.